The number of hydrogen-bond donors (Lipinski definition) is 2. The summed E-state index contributed by atoms with van der Waals surface area (Å²) in [6.45, 7) is 1.67. The molecule has 0 radical (unpaired) electrons. The van der Waals surface area contributed by atoms with Gasteiger partial charge in [0.1, 0.15) is 34.5 Å². The van der Waals surface area contributed by atoms with Gasteiger partial charge in [-0.2, -0.15) is 5.26 Å². The van der Waals surface area contributed by atoms with Crippen molar-refractivity contribution in [3.05, 3.63) is 47.7 Å². The second-order valence-electron chi connectivity index (χ2n) is 6.92. The summed E-state index contributed by atoms with van der Waals surface area (Å²) in [4.78, 5) is 10.4. The summed E-state index contributed by atoms with van der Waals surface area (Å²) in [6.07, 6.45) is 1.88. The smallest absolute Gasteiger partial charge is 0.232 e. The van der Waals surface area contributed by atoms with Crippen LogP contribution >= 0.6 is 0 Å². The number of nitriles is 1. The van der Waals surface area contributed by atoms with E-state index in [4.69, 9.17) is 0 Å². The zero-order chi connectivity index (χ0) is 22.8. The fourth-order valence-electron chi connectivity index (χ4n) is 2.87. The Balaban J connectivity index is 2.08. The Kier molecular flexibility index (Phi) is 6.21. The van der Waals surface area contributed by atoms with E-state index in [1.807, 2.05) is 6.07 Å². The minimum Gasteiger partial charge on any atom is -0.361 e. The molecule has 3 aromatic rings. The van der Waals surface area contributed by atoms with Crippen molar-refractivity contribution in [1.29, 1.82) is 5.26 Å². The Morgan fingerprint density at radius 3 is 2.52 bits per heavy atom. The highest BCUT2D eigenvalue weighted by Crippen LogP contribution is 2.32. The topological polar surface area (TPSA) is 111 Å². The monoisotopic (exact) mass is 446 g/mol. The molecule has 2 aromatic carbocycles. The summed E-state index contributed by atoms with van der Waals surface area (Å²) in [5.41, 5.74) is -0.138. The minimum absolute atomic E-state index is 0.0458. The molecule has 0 saturated carbocycles. The lowest BCUT2D eigenvalue weighted by molar-refractivity contribution is 0.588. The van der Waals surface area contributed by atoms with E-state index in [-0.39, 0.29) is 22.5 Å². The van der Waals surface area contributed by atoms with E-state index in [1.54, 1.807) is 38.2 Å². The Morgan fingerprint density at radius 1 is 1.16 bits per heavy atom. The van der Waals surface area contributed by atoms with Crippen LogP contribution in [0, 0.1) is 23.0 Å². The molecule has 0 bridgehead atoms. The third-order valence-corrected chi connectivity index (χ3v) is 5.84. The lowest BCUT2D eigenvalue weighted by Crippen LogP contribution is -2.17. The van der Waals surface area contributed by atoms with Crippen molar-refractivity contribution in [2.75, 3.05) is 34.8 Å². The second-order valence-corrected chi connectivity index (χ2v) is 8.76. The van der Waals surface area contributed by atoms with Gasteiger partial charge in [0, 0.05) is 14.1 Å². The lowest BCUT2D eigenvalue weighted by Gasteiger charge is -2.15. The number of sulfonamides is 1. The molecule has 0 spiro atoms. The summed E-state index contributed by atoms with van der Waals surface area (Å²) < 4.78 is 55.5. The molecule has 2 N–H and O–H groups in total. The highest BCUT2D eigenvalue weighted by Gasteiger charge is 2.20. The molecule has 11 heteroatoms. The van der Waals surface area contributed by atoms with Gasteiger partial charge < -0.3 is 10.2 Å². The minimum atomic E-state index is -3.78. The highest BCUT2D eigenvalue weighted by atomic mass is 32.2. The molecule has 0 aliphatic heterocycles. The molecular formula is C20H20F2N6O2S. The fourth-order valence-corrected chi connectivity index (χ4v) is 4.00. The maximum absolute atomic E-state index is 15.0. The SMILES string of the molecule is CCCS(=O)(=O)Nc1ccc(F)c(Nc2ccc3ncc(N(C)C)nc3c2C#N)c1F. The van der Waals surface area contributed by atoms with Crippen LogP contribution in [-0.4, -0.2) is 38.2 Å². The predicted molar refractivity (Wildman–Crippen MR) is 116 cm³/mol. The van der Waals surface area contributed by atoms with Gasteiger partial charge in [-0.1, -0.05) is 6.92 Å². The third kappa shape index (κ3) is 4.64. The number of nitrogens with zero attached hydrogens (tertiary/aromatic N) is 4. The van der Waals surface area contributed by atoms with E-state index < -0.39 is 33.0 Å². The van der Waals surface area contributed by atoms with Crippen LogP contribution in [0.4, 0.5) is 31.7 Å². The summed E-state index contributed by atoms with van der Waals surface area (Å²) in [7, 11) is -0.252. The molecular weight excluding hydrogens is 426 g/mol. The molecule has 0 aliphatic carbocycles. The average molecular weight is 446 g/mol. The number of rotatable bonds is 7. The normalized spacial score (nSPS) is 11.2. The molecule has 8 nitrogen and oxygen atoms in total. The zero-order valence-corrected chi connectivity index (χ0v) is 17.9. The van der Waals surface area contributed by atoms with Crippen molar-refractivity contribution in [2.45, 2.75) is 13.3 Å². The first kappa shape index (κ1) is 22.2. The van der Waals surface area contributed by atoms with Gasteiger partial charge in [0.15, 0.2) is 5.82 Å². The van der Waals surface area contributed by atoms with Crippen LogP contribution in [0.25, 0.3) is 11.0 Å². The number of hydrogen-bond acceptors (Lipinski definition) is 7. The van der Waals surface area contributed by atoms with Gasteiger partial charge in [0.25, 0.3) is 0 Å². The molecule has 0 fully saturated rings. The molecule has 31 heavy (non-hydrogen) atoms. The van der Waals surface area contributed by atoms with Crippen molar-refractivity contribution in [2.24, 2.45) is 0 Å². The van der Waals surface area contributed by atoms with Gasteiger partial charge >= 0.3 is 0 Å². The Bertz CT molecular complexity index is 1290. The molecule has 0 unspecified atom stereocenters. The summed E-state index contributed by atoms with van der Waals surface area (Å²) in [5.74, 6) is -1.78. The lowest BCUT2D eigenvalue weighted by atomic mass is 10.1. The highest BCUT2D eigenvalue weighted by molar-refractivity contribution is 7.92. The Labute approximate surface area is 178 Å². The molecule has 1 aromatic heterocycles. The van der Waals surface area contributed by atoms with Crippen molar-refractivity contribution < 1.29 is 17.2 Å². The maximum atomic E-state index is 15.0. The Hall–Kier alpha value is -3.52. The van der Waals surface area contributed by atoms with Gasteiger partial charge in [-0.15, -0.1) is 0 Å². The van der Waals surface area contributed by atoms with Crippen LogP contribution in [0.2, 0.25) is 0 Å². The molecule has 1 heterocycles. The third-order valence-electron chi connectivity index (χ3n) is 4.36. The van der Waals surface area contributed by atoms with Gasteiger partial charge in [-0.25, -0.2) is 22.2 Å². The van der Waals surface area contributed by atoms with Gasteiger partial charge in [0.05, 0.1) is 28.8 Å². The van der Waals surface area contributed by atoms with Gasteiger partial charge in [0.2, 0.25) is 10.0 Å². The number of anilines is 4. The first-order valence-electron chi connectivity index (χ1n) is 9.29. The molecule has 162 valence electrons. The number of benzene rings is 2. The maximum Gasteiger partial charge on any atom is 0.232 e. The zero-order valence-electron chi connectivity index (χ0n) is 17.1. The van der Waals surface area contributed by atoms with Crippen LogP contribution in [0.1, 0.15) is 18.9 Å². The molecule has 3 rings (SSSR count). The molecule has 0 saturated heterocycles. The number of halogens is 2. The summed E-state index contributed by atoms with van der Waals surface area (Å²) >= 11 is 0. The first-order chi connectivity index (χ1) is 14.7. The van der Waals surface area contributed by atoms with E-state index in [2.05, 4.69) is 20.0 Å². The van der Waals surface area contributed by atoms with Crippen LogP contribution in [-0.2, 0) is 10.0 Å². The van der Waals surface area contributed by atoms with Gasteiger partial charge in [-0.05, 0) is 30.7 Å². The van der Waals surface area contributed by atoms with Crippen molar-refractivity contribution in [1.82, 2.24) is 9.97 Å². The van der Waals surface area contributed by atoms with Crippen molar-refractivity contribution in [3.8, 4) is 6.07 Å². The van der Waals surface area contributed by atoms with Crippen LogP contribution < -0.4 is 14.9 Å². The number of aromatic nitrogens is 2. The van der Waals surface area contributed by atoms with E-state index in [9.17, 15) is 22.5 Å². The van der Waals surface area contributed by atoms with Gasteiger partial charge in [-0.3, -0.25) is 9.71 Å². The van der Waals surface area contributed by atoms with E-state index in [0.29, 0.717) is 17.8 Å². The summed E-state index contributed by atoms with van der Waals surface area (Å²) in [5, 5.41) is 12.2. The number of fused-ring (bicyclic) bond motifs is 1. The largest absolute Gasteiger partial charge is 0.361 e. The average Bonchev–Trinajstić information content (AvgIpc) is 2.72. The second kappa shape index (κ2) is 8.69. The van der Waals surface area contributed by atoms with Crippen LogP contribution in [0.3, 0.4) is 0 Å². The van der Waals surface area contributed by atoms with Crippen molar-refractivity contribution >= 4 is 43.9 Å². The first-order valence-corrected chi connectivity index (χ1v) is 10.9. The summed E-state index contributed by atoms with van der Waals surface area (Å²) in [6, 6.07) is 6.95. The molecule has 0 amide bonds. The van der Waals surface area contributed by atoms with Crippen LogP contribution in [0.15, 0.2) is 30.5 Å². The number of nitrogens with one attached hydrogen (secondary N) is 2. The predicted octanol–water partition coefficient (Wildman–Crippen LogP) is 3.74. The van der Waals surface area contributed by atoms with E-state index in [1.165, 1.54) is 6.07 Å². The van der Waals surface area contributed by atoms with Crippen molar-refractivity contribution in [3.63, 3.8) is 0 Å². The quantitative estimate of drug-likeness (QED) is 0.569. The molecule has 0 aliphatic rings. The Morgan fingerprint density at radius 2 is 1.87 bits per heavy atom. The fraction of sp³-hybridized carbons (Fsp3) is 0.250. The molecule has 0 atom stereocenters. The van der Waals surface area contributed by atoms with E-state index >= 15 is 0 Å². The van der Waals surface area contributed by atoms with Crippen LogP contribution in [0.5, 0.6) is 0 Å². The standard InChI is InChI=1S/C20H20F2N6O2S/c1-4-9-31(29,30)27-15-6-5-13(21)20(18(15)22)25-14-7-8-16-19(12(14)10-23)26-17(11-24-16)28(2)3/h5-8,11,25,27H,4,9H2,1-3H3. The van der Waals surface area contributed by atoms with E-state index in [0.717, 1.165) is 12.1 Å².